The van der Waals surface area contributed by atoms with Gasteiger partial charge in [0.05, 0.1) is 5.69 Å². The Labute approximate surface area is 90.2 Å². The van der Waals surface area contributed by atoms with E-state index in [0.29, 0.717) is 5.71 Å². The number of nitrogens with one attached hydrogen (secondary N) is 1. The Hall–Kier alpha value is -1.64. The number of Topliss-reactive ketones (excluding diaryl/α,β-unsaturated/α-hetero) is 1. The Kier molecular flexibility index (Phi) is 4.54. The minimum Gasteiger partial charge on any atom is -0.293 e. The van der Waals surface area contributed by atoms with E-state index >= 15 is 0 Å². The largest absolute Gasteiger partial charge is 0.293 e. The van der Waals surface area contributed by atoms with Gasteiger partial charge in [-0.25, -0.2) is 0 Å². The molecule has 0 spiro atoms. The molecule has 1 N–H and O–H groups in total. The lowest BCUT2D eigenvalue weighted by molar-refractivity contribution is -0.111. The number of nitrogens with zero attached hydrogens (tertiary/aromatic N) is 1. The van der Waals surface area contributed by atoms with Crippen molar-refractivity contribution in [1.82, 2.24) is 0 Å². The molecule has 80 valence electrons. The molecule has 3 heteroatoms. The molecule has 1 rings (SSSR count). The van der Waals surface area contributed by atoms with Gasteiger partial charge in [0.1, 0.15) is 5.71 Å². The van der Waals surface area contributed by atoms with Crippen molar-refractivity contribution >= 4 is 17.2 Å². The number of hydrogen-bond donors (Lipinski definition) is 1. The summed E-state index contributed by atoms with van der Waals surface area (Å²) >= 11 is 0. The second-order valence-electron chi connectivity index (χ2n) is 3.34. The van der Waals surface area contributed by atoms with Gasteiger partial charge in [-0.15, -0.1) is 0 Å². The van der Waals surface area contributed by atoms with Crippen LogP contribution in [0, 0.1) is 0 Å². The molecule has 0 bridgehead atoms. The second kappa shape index (κ2) is 5.96. The van der Waals surface area contributed by atoms with Gasteiger partial charge in [-0.2, -0.15) is 5.10 Å². The number of hydrogen-bond acceptors (Lipinski definition) is 3. The number of para-hydroxylation sites is 1. The summed E-state index contributed by atoms with van der Waals surface area (Å²) in [4.78, 5) is 11.2. The van der Waals surface area contributed by atoms with Crippen molar-refractivity contribution in [3.63, 3.8) is 0 Å². The van der Waals surface area contributed by atoms with Gasteiger partial charge >= 0.3 is 0 Å². The molecule has 0 saturated heterocycles. The highest BCUT2D eigenvalue weighted by atomic mass is 16.1. The molecule has 0 saturated carbocycles. The van der Waals surface area contributed by atoms with Crippen molar-refractivity contribution in [2.24, 2.45) is 5.10 Å². The zero-order chi connectivity index (χ0) is 11.1. The average molecular weight is 204 g/mol. The predicted octanol–water partition coefficient (Wildman–Crippen LogP) is 2.84. The Morgan fingerprint density at radius 2 is 2.00 bits per heavy atom. The fraction of sp³-hybridized carbons (Fsp3) is 0.333. The summed E-state index contributed by atoms with van der Waals surface area (Å²) in [6, 6.07) is 9.60. The van der Waals surface area contributed by atoms with Crippen LogP contribution in [0.3, 0.4) is 0 Å². The van der Waals surface area contributed by atoms with E-state index in [2.05, 4.69) is 10.5 Å². The smallest absolute Gasteiger partial charge is 0.175 e. The maximum absolute atomic E-state index is 11.2. The van der Waals surface area contributed by atoms with E-state index in [1.165, 1.54) is 0 Å². The molecule has 3 nitrogen and oxygen atoms in total. The maximum atomic E-state index is 11.2. The molecule has 0 aliphatic carbocycles. The summed E-state index contributed by atoms with van der Waals surface area (Å²) in [5.41, 5.74) is 4.37. The van der Waals surface area contributed by atoms with E-state index < -0.39 is 0 Å². The molecule has 0 aliphatic heterocycles. The third-order valence-corrected chi connectivity index (χ3v) is 1.99. The first-order chi connectivity index (χ1) is 7.24. The van der Waals surface area contributed by atoms with E-state index in [-0.39, 0.29) is 5.78 Å². The topological polar surface area (TPSA) is 41.5 Å². The molecular formula is C12H16N2O. The summed E-state index contributed by atoms with van der Waals surface area (Å²) in [5.74, 6) is 0.0280. The Morgan fingerprint density at radius 3 is 2.53 bits per heavy atom. The summed E-state index contributed by atoms with van der Waals surface area (Å²) < 4.78 is 0. The molecule has 0 aliphatic rings. The van der Waals surface area contributed by atoms with E-state index in [4.69, 9.17) is 0 Å². The van der Waals surface area contributed by atoms with Crippen molar-refractivity contribution < 1.29 is 4.79 Å². The van der Waals surface area contributed by atoms with Crippen molar-refractivity contribution in [2.45, 2.75) is 26.7 Å². The quantitative estimate of drug-likeness (QED) is 0.592. The van der Waals surface area contributed by atoms with E-state index in [0.717, 1.165) is 18.5 Å². The van der Waals surface area contributed by atoms with Crippen LogP contribution in [-0.4, -0.2) is 11.5 Å². The monoisotopic (exact) mass is 204 g/mol. The molecule has 0 heterocycles. The lowest BCUT2D eigenvalue weighted by atomic mass is 10.2. The zero-order valence-electron chi connectivity index (χ0n) is 9.16. The fourth-order valence-corrected chi connectivity index (χ4v) is 1.19. The number of carbonyl (C=O) groups is 1. The highest BCUT2D eigenvalue weighted by molar-refractivity contribution is 6.39. The first-order valence-electron chi connectivity index (χ1n) is 5.12. The summed E-state index contributed by atoms with van der Waals surface area (Å²) in [6.07, 6.45) is 1.64. The van der Waals surface area contributed by atoms with E-state index in [1.54, 1.807) is 6.92 Å². The van der Waals surface area contributed by atoms with Gasteiger partial charge in [0.25, 0.3) is 0 Å². The third kappa shape index (κ3) is 3.94. The molecule has 0 radical (unpaired) electrons. The van der Waals surface area contributed by atoms with Gasteiger partial charge in [0, 0.05) is 6.92 Å². The Bertz CT molecular complexity index is 344. The Morgan fingerprint density at radius 1 is 1.33 bits per heavy atom. The molecule has 15 heavy (non-hydrogen) atoms. The van der Waals surface area contributed by atoms with Crippen molar-refractivity contribution in [1.29, 1.82) is 0 Å². The summed E-state index contributed by atoms with van der Waals surface area (Å²) in [7, 11) is 0. The number of rotatable bonds is 5. The highest BCUT2D eigenvalue weighted by Crippen LogP contribution is 2.05. The van der Waals surface area contributed by atoms with Crippen LogP contribution in [0.5, 0.6) is 0 Å². The molecule has 0 fully saturated rings. The van der Waals surface area contributed by atoms with Gasteiger partial charge in [-0.3, -0.25) is 10.2 Å². The van der Waals surface area contributed by atoms with Gasteiger partial charge in [-0.1, -0.05) is 31.5 Å². The first-order valence-corrected chi connectivity index (χ1v) is 5.12. The minimum absolute atomic E-state index is 0.0280. The number of anilines is 1. The summed E-state index contributed by atoms with van der Waals surface area (Å²) in [5, 5.41) is 4.10. The second-order valence-corrected chi connectivity index (χ2v) is 3.34. The fourth-order valence-electron chi connectivity index (χ4n) is 1.19. The van der Waals surface area contributed by atoms with Crippen LogP contribution in [0.15, 0.2) is 35.4 Å². The molecule has 0 aromatic heterocycles. The molecule has 0 unspecified atom stereocenters. The number of hydrazone groups is 1. The molecular weight excluding hydrogens is 188 g/mol. The number of benzene rings is 1. The van der Waals surface area contributed by atoms with Gasteiger partial charge in [-0.05, 0) is 18.6 Å². The predicted molar refractivity (Wildman–Crippen MR) is 63.1 cm³/mol. The van der Waals surface area contributed by atoms with Crippen LogP contribution in [-0.2, 0) is 4.79 Å². The first kappa shape index (κ1) is 11.4. The van der Waals surface area contributed by atoms with Gasteiger partial charge in [0.15, 0.2) is 5.78 Å². The summed E-state index contributed by atoms with van der Waals surface area (Å²) in [6.45, 7) is 3.57. The van der Waals surface area contributed by atoms with Crippen molar-refractivity contribution in [3.05, 3.63) is 30.3 Å². The molecule has 0 atom stereocenters. The normalized spacial score (nSPS) is 11.2. The van der Waals surface area contributed by atoms with E-state index in [1.807, 2.05) is 37.3 Å². The molecule has 1 aromatic rings. The van der Waals surface area contributed by atoms with Crippen LogP contribution in [0.4, 0.5) is 5.69 Å². The zero-order valence-corrected chi connectivity index (χ0v) is 9.16. The highest BCUT2D eigenvalue weighted by Gasteiger charge is 2.03. The SMILES string of the molecule is CCC/C(=N\Nc1ccccc1)C(C)=O. The Balaban J connectivity index is 2.65. The third-order valence-electron chi connectivity index (χ3n) is 1.99. The standard InChI is InChI=1S/C12H16N2O/c1-3-7-12(10(2)15)14-13-11-8-5-4-6-9-11/h4-6,8-9,13H,3,7H2,1-2H3/b14-12+. The van der Waals surface area contributed by atoms with Crippen molar-refractivity contribution in [2.75, 3.05) is 5.43 Å². The van der Waals surface area contributed by atoms with Gasteiger partial charge in [0.2, 0.25) is 0 Å². The molecule has 0 amide bonds. The van der Waals surface area contributed by atoms with Crippen LogP contribution >= 0.6 is 0 Å². The van der Waals surface area contributed by atoms with Crippen LogP contribution < -0.4 is 5.43 Å². The number of ketones is 1. The van der Waals surface area contributed by atoms with Crippen LogP contribution in [0.25, 0.3) is 0 Å². The lowest BCUT2D eigenvalue weighted by Gasteiger charge is -2.03. The van der Waals surface area contributed by atoms with Crippen LogP contribution in [0.1, 0.15) is 26.7 Å². The minimum atomic E-state index is 0.0280. The van der Waals surface area contributed by atoms with Gasteiger partial charge < -0.3 is 0 Å². The maximum Gasteiger partial charge on any atom is 0.175 e. The lowest BCUT2D eigenvalue weighted by Crippen LogP contribution is -2.11. The average Bonchev–Trinajstić information content (AvgIpc) is 2.25. The van der Waals surface area contributed by atoms with Crippen LogP contribution in [0.2, 0.25) is 0 Å². The van der Waals surface area contributed by atoms with E-state index in [9.17, 15) is 4.79 Å². The number of carbonyl (C=O) groups excluding carboxylic acids is 1. The van der Waals surface area contributed by atoms with Crippen molar-refractivity contribution in [3.8, 4) is 0 Å². The molecule has 1 aromatic carbocycles.